The van der Waals surface area contributed by atoms with Crippen LogP contribution >= 0.6 is 0 Å². The molecule has 0 bridgehead atoms. The number of likely N-dealkylation sites (N-methyl/N-ethyl adjacent to an activating group) is 1. The van der Waals surface area contributed by atoms with Crippen molar-refractivity contribution in [2.75, 3.05) is 41.0 Å². The van der Waals surface area contributed by atoms with E-state index in [1.165, 1.54) is 0 Å². The molecule has 0 aliphatic carbocycles. The van der Waals surface area contributed by atoms with Gasteiger partial charge in [-0.25, -0.2) is 0 Å². The van der Waals surface area contributed by atoms with Crippen LogP contribution < -0.4 is 5.11 Å². The van der Waals surface area contributed by atoms with Crippen molar-refractivity contribution >= 4 is 17.9 Å². The molecule has 2 atom stereocenters. The second-order valence-electron chi connectivity index (χ2n) is 12.4. The third-order valence-corrected chi connectivity index (χ3v) is 7.17. The summed E-state index contributed by atoms with van der Waals surface area (Å²) >= 11 is 0. The zero-order chi connectivity index (χ0) is 34.3. The van der Waals surface area contributed by atoms with E-state index in [0.29, 0.717) is 12.8 Å². The SMILES string of the molecule is CC/C=C\C/C=C\C/C=C\C/C=C\C/C=C\CCCCCC(=O)OC(COCCC(C(=O)[O-])[N+](C)(C)C)COC(=O)CCCCC. The minimum absolute atomic E-state index is 0.0228. The normalized spacial score (nSPS) is 13.8. The molecule has 8 nitrogen and oxygen atoms in total. The number of allylic oxidation sites excluding steroid dienone is 10. The van der Waals surface area contributed by atoms with E-state index < -0.39 is 18.1 Å². The van der Waals surface area contributed by atoms with Gasteiger partial charge >= 0.3 is 11.9 Å². The lowest BCUT2D eigenvalue weighted by atomic mass is 10.1. The molecule has 46 heavy (non-hydrogen) atoms. The van der Waals surface area contributed by atoms with Crippen molar-refractivity contribution in [2.24, 2.45) is 0 Å². The number of carboxylic acids is 1. The van der Waals surface area contributed by atoms with E-state index >= 15 is 0 Å². The van der Waals surface area contributed by atoms with Crippen molar-refractivity contribution in [3.63, 3.8) is 0 Å². The van der Waals surface area contributed by atoms with E-state index in [9.17, 15) is 19.5 Å². The van der Waals surface area contributed by atoms with Gasteiger partial charge in [-0.1, -0.05) is 93.9 Å². The Kier molecular flexibility index (Phi) is 27.5. The van der Waals surface area contributed by atoms with Gasteiger partial charge in [-0.2, -0.15) is 0 Å². The number of carboxylic acid groups (broad SMARTS) is 1. The summed E-state index contributed by atoms with van der Waals surface area (Å²) in [6.45, 7) is 4.30. The molecular formula is C38H63NO7. The Bertz CT molecular complexity index is 943. The molecule has 0 aromatic carbocycles. The number of quaternary nitrogens is 1. The monoisotopic (exact) mass is 645 g/mol. The Balaban J connectivity index is 4.33. The molecular weight excluding hydrogens is 582 g/mol. The predicted molar refractivity (Wildman–Crippen MR) is 185 cm³/mol. The number of hydrogen-bond acceptors (Lipinski definition) is 7. The number of hydrogen-bond donors (Lipinski definition) is 0. The van der Waals surface area contributed by atoms with Crippen LogP contribution in [0.3, 0.4) is 0 Å². The molecule has 0 aliphatic rings. The zero-order valence-corrected chi connectivity index (χ0v) is 29.5. The molecule has 2 unspecified atom stereocenters. The largest absolute Gasteiger partial charge is 0.544 e. The molecule has 0 saturated carbocycles. The molecule has 8 heteroatoms. The standard InChI is InChI=1S/C38H63NO7/c1-6-8-10-11-12-13-14-15-16-17-18-19-20-21-22-23-24-25-27-29-37(41)46-34(33-45-36(40)28-26-9-7-2)32-44-31-30-35(38(42)43)39(3,4)5/h8,10,12-13,15-16,18-19,21-22,34-35H,6-7,9,11,14,17,20,23-33H2,1-5H3/b10-8-,13-12-,16-15-,19-18-,22-21-. The third-order valence-electron chi connectivity index (χ3n) is 7.17. The molecule has 0 aliphatic heterocycles. The van der Waals surface area contributed by atoms with Crippen LogP contribution in [0.4, 0.5) is 0 Å². The number of esters is 2. The number of carbonyl (C=O) groups is 3. The van der Waals surface area contributed by atoms with Crippen LogP contribution in [0.25, 0.3) is 0 Å². The fourth-order valence-electron chi connectivity index (χ4n) is 4.45. The number of aliphatic carboxylic acids is 1. The highest BCUT2D eigenvalue weighted by Gasteiger charge is 2.25. The third kappa shape index (κ3) is 27.3. The fraction of sp³-hybridized carbons (Fsp3) is 0.658. The molecule has 0 rings (SSSR count). The average molecular weight is 646 g/mol. The Labute approximate surface area is 279 Å². The second kappa shape index (κ2) is 29.4. The van der Waals surface area contributed by atoms with Gasteiger partial charge in [-0.15, -0.1) is 0 Å². The van der Waals surface area contributed by atoms with Crippen molar-refractivity contribution in [3.8, 4) is 0 Å². The van der Waals surface area contributed by atoms with E-state index in [1.54, 1.807) is 21.1 Å². The van der Waals surface area contributed by atoms with Crippen LogP contribution in [0.15, 0.2) is 60.8 Å². The van der Waals surface area contributed by atoms with E-state index in [1.807, 2.05) is 0 Å². The number of rotatable bonds is 29. The second-order valence-corrected chi connectivity index (χ2v) is 12.4. The van der Waals surface area contributed by atoms with Gasteiger partial charge in [0, 0.05) is 19.3 Å². The molecule has 0 spiro atoms. The van der Waals surface area contributed by atoms with Gasteiger partial charge in [0.05, 0.1) is 40.3 Å². The predicted octanol–water partition coefficient (Wildman–Crippen LogP) is 6.96. The molecule has 0 N–H and O–H groups in total. The highest BCUT2D eigenvalue weighted by atomic mass is 16.6. The Morgan fingerprint density at radius 3 is 1.76 bits per heavy atom. The number of ether oxygens (including phenoxy) is 3. The quantitative estimate of drug-likeness (QED) is 0.0375. The topological polar surface area (TPSA) is 102 Å². The van der Waals surface area contributed by atoms with Crippen molar-refractivity contribution in [1.82, 2.24) is 0 Å². The summed E-state index contributed by atoms with van der Waals surface area (Å²) in [4.78, 5) is 36.1. The Morgan fingerprint density at radius 2 is 1.22 bits per heavy atom. The lowest BCUT2D eigenvalue weighted by molar-refractivity contribution is -0.889. The molecule has 0 fully saturated rings. The van der Waals surface area contributed by atoms with Crippen LogP contribution in [-0.4, -0.2) is 75.5 Å². The molecule has 262 valence electrons. The van der Waals surface area contributed by atoms with Crippen molar-refractivity contribution in [1.29, 1.82) is 0 Å². The molecule has 0 amide bonds. The van der Waals surface area contributed by atoms with Crippen LogP contribution in [0.2, 0.25) is 0 Å². The maximum atomic E-state index is 12.5. The minimum Gasteiger partial charge on any atom is -0.544 e. The van der Waals surface area contributed by atoms with Crippen LogP contribution in [-0.2, 0) is 28.6 Å². The van der Waals surface area contributed by atoms with Gasteiger partial charge in [-0.3, -0.25) is 9.59 Å². The maximum absolute atomic E-state index is 12.5. The van der Waals surface area contributed by atoms with Crippen molar-refractivity contribution in [3.05, 3.63) is 60.8 Å². The molecule has 0 saturated heterocycles. The first-order valence-electron chi connectivity index (χ1n) is 17.3. The summed E-state index contributed by atoms with van der Waals surface area (Å²) in [5.41, 5.74) is 0. The fourth-order valence-corrected chi connectivity index (χ4v) is 4.45. The van der Waals surface area contributed by atoms with E-state index in [0.717, 1.165) is 70.6 Å². The summed E-state index contributed by atoms with van der Waals surface area (Å²) < 4.78 is 16.8. The van der Waals surface area contributed by atoms with Crippen LogP contribution in [0, 0.1) is 0 Å². The van der Waals surface area contributed by atoms with Crippen LogP contribution in [0.1, 0.15) is 110 Å². The van der Waals surface area contributed by atoms with E-state index in [4.69, 9.17) is 14.2 Å². The van der Waals surface area contributed by atoms with E-state index in [2.05, 4.69) is 74.6 Å². The average Bonchev–Trinajstić information content (AvgIpc) is 3.00. The minimum atomic E-state index is -1.14. The Morgan fingerprint density at radius 1 is 0.674 bits per heavy atom. The first-order valence-corrected chi connectivity index (χ1v) is 17.3. The number of carbonyl (C=O) groups excluding carboxylic acids is 3. The summed E-state index contributed by atoms with van der Waals surface area (Å²) in [5, 5.41) is 11.5. The molecule has 0 aromatic rings. The van der Waals surface area contributed by atoms with Crippen molar-refractivity contribution < 1.29 is 38.2 Å². The molecule has 0 heterocycles. The van der Waals surface area contributed by atoms with Gasteiger partial charge in [0.25, 0.3) is 0 Å². The first kappa shape index (κ1) is 43.0. The highest BCUT2D eigenvalue weighted by molar-refractivity contribution is 5.70. The summed E-state index contributed by atoms with van der Waals surface area (Å²) in [5.74, 6) is -1.82. The van der Waals surface area contributed by atoms with E-state index in [-0.39, 0.29) is 49.1 Å². The highest BCUT2D eigenvalue weighted by Crippen LogP contribution is 2.10. The number of unbranched alkanes of at least 4 members (excludes halogenated alkanes) is 5. The van der Waals surface area contributed by atoms with Gasteiger partial charge in [0.1, 0.15) is 12.6 Å². The zero-order valence-electron chi connectivity index (χ0n) is 29.5. The van der Waals surface area contributed by atoms with Gasteiger partial charge in [0.2, 0.25) is 0 Å². The summed E-state index contributed by atoms with van der Waals surface area (Å²) in [6, 6.07) is -0.730. The van der Waals surface area contributed by atoms with Gasteiger partial charge < -0.3 is 28.6 Å². The summed E-state index contributed by atoms with van der Waals surface area (Å²) in [6.07, 6.45) is 33.2. The first-order chi connectivity index (χ1) is 22.1. The molecule has 0 radical (unpaired) electrons. The number of nitrogens with zero attached hydrogens (tertiary/aromatic N) is 1. The lowest BCUT2D eigenvalue weighted by Crippen LogP contribution is -2.55. The smallest absolute Gasteiger partial charge is 0.306 e. The lowest BCUT2D eigenvalue weighted by Gasteiger charge is -2.34. The van der Waals surface area contributed by atoms with Crippen molar-refractivity contribution in [2.45, 2.75) is 122 Å². The Hall–Kier alpha value is -2.97. The molecule has 0 aromatic heterocycles. The van der Waals surface area contributed by atoms with Crippen LogP contribution in [0.5, 0.6) is 0 Å². The maximum Gasteiger partial charge on any atom is 0.306 e. The summed E-state index contributed by atoms with van der Waals surface area (Å²) in [7, 11) is 5.35. The van der Waals surface area contributed by atoms with Gasteiger partial charge in [0.15, 0.2) is 6.10 Å². The van der Waals surface area contributed by atoms with Gasteiger partial charge in [-0.05, 0) is 57.8 Å².